The molecule has 0 bridgehead atoms. The van der Waals surface area contributed by atoms with Crippen molar-refractivity contribution in [2.45, 2.75) is 52.1 Å². The van der Waals surface area contributed by atoms with Crippen molar-refractivity contribution in [3.63, 3.8) is 0 Å². The topological polar surface area (TPSA) is 67.9 Å². The molecule has 0 aromatic heterocycles. The summed E-state index contributed by atoms with van der Waals surface area (Å²) in [6.07, 6.45) is 3.34. The Morgan fingerprint density at radius 3 is 2.72 bits per heavy atom. The highest BCUT2D eigenvalue weighted by Gasteiger charge is 2.31. The summed E-state index contributed by atoms with van der Waals surface area (Å²) in [6.45, 7) is 4.87. The summed E-state index contributed by atoms with van der Waals surface area (Å²) >= 11 is 12.0. The van der Waals surface area contributed by atoms with Gasteiger partial charge in [0.15, 0.2) is 6.10 Å². The predicted octanol–water partition coefficient (Wildman–Crippen LogP) is 6.10. The number of fused-ring (bicyclic) bond motifs is 1. The molecule has 0 aliphatic carbocycles. The van der Waals surface area contributed by atoms with E-state index in [1.165, 1.54) is 0 Å². The van der Waals surface area contributed by atoms with Gasteiger partial charge in [0.05, 0.1) is 17.3 Å². The zero-order valence-corrected chi connectivity index (χ0v) is 19.8. The second kappa shape index (κ2) is 11.4. The fourth-order valence-corrected chi connectivity index (χ4v) is 3.93. The van der Waals surface area contributed by atoms with E-state index in [2.05, 4.69) is 12.2 Å². The van der Waals surface area contributed by atoms with Crippen LogP contribution in [-0.2, 0) is 9.59 Å². The van der Waals surface area contributed by atoms with Gasteiger partial charge in [-0.1, -0.05) is 43.0 Å². The second-order valence-electron chi connectivity index (χ2n) is 7.71. The van der Waals surface area contributed by atoms with Crippen molar-refractivity contribution in [1.29, 1.82) is 0 Å². The molecule has 2 aromatic rings. The van der Waals surface area contributed by atoms with Crippen LogP contribution >= 0.6 is 23.2 Å². The molecule has 1 atom stereocenters. The van der Waals surface area contributed by atoms with Crippen molar-refractivity contribution in [2.24, 2.45) is 0 Å². The van der Waals surface area contributed by atoms with E-state index in [1.807, 2.05) is 0 Å². The summed E-state index contributed by atoms with van der Waals surface area (Å²) in [6, 6.07) is 10.4. The highest BCUT2D eigenvalue weighted by atomic mass is 35.5. The van der Waals surface area contributed by atoms with Gasteiger partial charge in [-0.2, -0.15) is 0 Å². The minimum Gasteiger partial charge on any atom is -0.492 e. The van der Waals surface area contributed by atoms with E-state index in [-0.39, 0.29) is 18.2 Å². The number of unbranched alkanes of at least 4 members (excludes halogenated alkanes) is 2. The van der Waals surface area contributed by atoms with Crippen molar-refractivity contribution < 1.29 is 19.1 Å². The van der Waals surface area contributed by atoms with Gasteiger partial charge >= 0.3 is 0 Å². The molecule has 6 nitrogen and oxygen atoms in total. The minimum absolute atomic E-state index is 0.0601. The van der Waals surface area contributed by atoms with Crippen molar-refractivity contribution in [3.8, 4) is 11.5 Å². The molecule has 1 aliphatic rings. The van der Waals surface area contributed by atoms with Crippen molar-refractivity contribution in [1.82, 2.24) is 0 Å². The van der Waals surface area contributed by atoms with Gasteiger partial charge in [-0.25, -0.2) is 0 Å². The Morgan fingerprint density at radius 1 is 1.16 bits per heavy atom. The van der Waals surface area contributed by atoms with Gasteiger partial charge in [0, 0.05) is 23.7 Å². The summed E-state index contributed by atoms with van der Waals surface area (Å²) in [5.41, 5.74) is 1.32. The van der Waals surface area contributed by atoms with Crippen molar-refractivity contribution in [3.05, 3.63) is 46.4 Å². The molecule has 0 saturated carbocycles. The van der Waals surface area contributed by atoms with Gasteiger partial charge in [-0.05, 0) is 56.2 Å². The molecule has 1 N–H and O–H groups in total. The van der Waals surface area contributed by atoms with E-state index < -0.39 is 6.10 Å². The fourth-order valence-electron chi connectivity index (χ4n) is 3.47. The molecule has 1 unspecified atom stereocenters. The molecule has 2 amide bonds. The Hall–Kier alpha value is -2.44. The summed E-state index contributed by atoms with van der Waals surface area (Å²) in [7, 11) is 0. The summed E-state index contributed by atoms with van der Waals surface area (Å²) in [4.78, 5) is 26.8. The number of rotatable bonds is 10. The maximum Gasteiger partial charge on any atom is 0.267 e. The number of carbonyl (C=O) groups excluding carboxylic acids is 2. The predicted molar refractivity (Wildman–Crippen MR) is 128 cm³/mol. The molecule has 0 fully saturated rings. The number of hydrogen-bond acceptors (Lipinski definition) is 4. The van der Waals surface area contributed by atoms with Gasteiger partial charge < -0.3 is 19.7 Å². The lowest BCUT2D eigenvalue weighted by molar-refractivity contribution is -0.125. The van der Waals surface area contributed by atoms with Crippen molar-refractivity contribution >= 4 is 46.4 Å². The first-order valence-electron chi connectivity index (χ1n) is 10.9. The van der Waals surface area contributed by atoms with E-state index >= 15 is 0 Å². The first-order valence-corrected chi connectivity index (χ1v) is 11.6. The monoisotopic (exact) mass is 478 g/mol. The normalized spacial score (nSPS) is 15.2. The highest BCUT2D eigenvalue weighted by molar-refractivity contribution is 6.35. The molecular weight excluding hydrogens is 451 g/mol. The minimum atomic E-state index is -0.515. The Kier molecular flexibility index (Phi) is 8.65. The molecule has 0 radical (unpaired) electrons. The average molecular weight is 479 g/mol. The summed E-state index contributed by atoms with van der Waals surface area (Å²) in [5, 5.41) is 3.87. The van der Waals surface area contributed by atoms with E-state index in [0.29, 0.717) is 52.5 Å². The lowest BCUT2D eigenvalue weighted by atomic mass is 10.1. The molecule has 0 saturated heterocycles. The molecule has 172 valence electrons. The van der Waals surface area contributed by atoms with Crippen LogP contribution < -0.4 is 19.7 Å². The quantitative estimate of drug-likeness (QED) is 0.419. The van der Waals surface area contributed by atoms with E-state index in [0.717, 1.165) is 19.3 Å². The van der Waals surface area contributed by atoms with Gasteiger partial charge in [0.2, 0.25) is 5.91 Å². The molecule has 3 rings (SSSR count). The second-order valence-corrected chi connectivity index (χ2v) is 8.56. The van der Waals surface area contributed by atoms with Crippen LogP contribution in [0.2, 0.25) is 10.0 Å². The SMILES string of the molecule is CCCCCN1C(=O)C(C)Oc2ccc(NC(=O)CCCOc3ccc(Cl)cc3Cl)cc21. The summed E-state index contributed by atoms with van der Waals surface area (Å²) < 4.78 is 11.4. The number of anilines is 2. The number of halogens is 2. The maximum atomic E-state index is 12.6. The lowest BCUT2D eigenvalue weighted by Crippen LogP contribution is -2.44. The molecule has 1 heterocycles. The standard InChI is InChI=1S/C24H28Cl2N2O4/c1-3-4-5-12-28-20-15-18(9-11-22(20)32-16(2)24(28)30)27-23(29)7-6-13-31-21-10-8-17(25)14-19(21)26/h8-11,14-16H,3-7,12-13H2,1-2H3,(H,27,29). The number of nitrogens with zero attached hydrogens (tertiary/aromatic N) is 1. The summed E-state index contributed by atoms with van der Waals surface area (Å²) in [5.74, 6) is 0.993. The largest absolute Gasteiger partial charge is 0.492 e. The number of benzene rings is 2. The average Bonchev–Trinajstić information content (AvgIpc) is 2.75. The Morgan fingerprint density at radius 2 is 1.97 bits per heavy atom. The van der Waals surface area contributed by atoms with Crippen LogP contribution in [-0.4, -0.2) is 31.1 Å². The van der Waals surface area contributed by atoms with Gasteiger partial charge in [0.25, 0.3) is 5.91 Å². The number of nitrogens with one attached hydrogen (secondary N) is 1. The third-order valence-corrected chi connectivity index (χ3v) is 5.67. The van der Waals surface area contributed by atoms with Crippen LogP contribution in [0.15, 0.2) is 36.4 Å². The molecule has 1 aliphatic heterocycles. The van der Waals surface area contributed by atoms with Gasteiger partial charge in [-0.15, -0.1) is 0 Å². The smallest absolute Gasteiger partial charge is 0.267 e. The van der Waals surface area contributed by atoms with Gasteiger partial charge in [0.1, 0.15) is 11.5 Å². The number of ether oxygens (including phenoxy) is 2. The highest BCUT2D eigenvalue weighted by Crippen LogP contribution is 2.36. The fraction of sp³-hybridized carbons (Fsp3) is 0.417. The Bertz CT molecular complexity index is 967. The first kappa shape index (κ1) is 24.2. The number of carbonyl (C=O) groups is 2. The Labute approximate surface area is 198 Å². The van der Waals surface area contributed by atoms with Crippen LogP contribution in [0, 0.1) is 0 Å². The van der Waals surface area contributed by atoms with Crippen LogP contribution in [0.25, 0.3) is 0 Å². The van der Waals surface area contributed by atoms with Crippen LogP contribution in [0.1, 0.15) is 46.0 Å². The van der Waals surface area contributed by atoms with E-state index in [1.54, 1.807) is 48.2 Å². The van der Waals surface area contributed by atoms with E-state index in [9.17, 15) is 9.59 Å². The molecular formula is C24H28Cl2N2O4. The number of hydrogen-bond donors (Lipinski definition) is 1. The lowest BCUT2D eigenvalue weighted by Gasteiger charge is -2.33. The van der Waals surface area contributed by atoms with E-state index in [4.69, 9.17) is 32.7 Å². The van der Waals surface area contributed by atoms with Gasteiger partial charge in [-0.3, -0.25) is 9.59 Å². The molecule has 8 heteroatoms. The Balaban J connectivity index is 1.55. The third kappa shape index (κ3) is 6.30. The van der Waals surface area contributed by atoms with Crippen molar-refractivity contribution in [2.75, 3.05) is 23.4 Å². The maximum absolute atomic E-state index is 12.6. The zero-order valence-electron chi connectivity index (χ0n) is 18.3. The third-order valence-electron chi connectivity index (χ3n) is 5.14. The molecule has 32 heavy (non-hydrogen) atoms. The zero-order chi connectivity index (χ0) is 23.1. The number of amides is 2. The molecule has 0 spiro atoms. The van der Waals surface area contributed by atoms with Crippen LogP contribution in [0.3, 0.4) is 0 Å². The van der Waals surface area contributed by atoms with Crippen LogP contribution in [0.5, 0.6) is 11.5 Å². The first-order chi connectivity index (χ1) is 15.4. The molecule has 2 aromatic carbocycles. The van der Waals surface area contributed by atoms with Crippen LogP contribution in [0.4, 0.5) is 11.4 Å².